The van der Waals surface area contributed by atoms with Crippen molar-refractivity contribution < 1.29 is 29.0 Å². The number of fused-ring (bicyclic) bond motifs is 1. The van der Waals surface area contributed by atoms with E-state index in [9.17, 15) is 19.5 Å². The smallest absolute Gasteiger partial charge is 0.411 e. The summed E-state index contributed by atoms with van der Waals surface area (Å²) >= 11 is 0. The molecule has 2 amide bonds. The molecule has 8 heteroatoms. The number of carboxylic acid groups (broad SMARTS) is 1. The molecule has 0 saturated carbocycles. The molecule has 0 spiro atoms. The van der Waals surface area contributed by atoms with Crippen LogP contribution >= 0.6 is 0 Å². The van der Waals surface area contributed by atoms with Crippen molar-refractivity contribution in [2.45, 2.75) is 70.9 Å². The van der Waals surface area contributed by atoms with Gasteiger partial charge in [0.25, 0.3) is 0 Å². The van der Waals surface area contributed by atoms with Gasteiger partial charge in [-0.05, 0) is 41.5 Å². The van der Waals surface area contributed by atoms with E-state index in [4.69, 9.17) is 9.47 Å². The topological polar surface area (TPSA) is 96.2 Å². The van der Waals surface area contributed by atoms with E-state index < -0.39 is 41.4 Å². The average molecular weight is 328 g/mol. The van der Waals surface area contributed by atoms with Crippen molar-refractivity contribution in [2.75, 3.05) is 6.54 Å². The number of aliphatic carboxylic acids is 1. The standard InChI is InChI=1S/C15H24N2O6/c1-14(2,3)22-12(20)16-7-8-9(10(16)11(18)19)17(8)13(21)23-15(4,5)6/h8-10H,7H2,1-6H3,(H,18,19)/t8?,9?,10-,17?/m0/s1. The van der Waals surface area contributed by atoms with Crippen molar-refractivity contribution >= 4 is 18.2 Å². The number of ether oxygens (including phenoxy) is 2. The van der Waals surface area contributed by atoms with Crippen LogP contribution in [0.3, 0.4) is 0 Å². The van der Waals surface area contributed by atoms with E-state index in [0.29, 0.717) is 0 Å². The maximum Gasteiger partial charge on any atom is 0.411 e. The first-order valence-electron chi connectivity index (χ1n) is 7.55. The highest BCUT2D eigenvalue weighted by Crippen LogP contribution is 2.42. The Kier molecular flexibility index (Phi) is 3.99. The van der Waals surface area contributed by atoms with Crippen molar-refractivity contribution in [3.05, 3.63) is 0 Å². The fourth-order valence-electron chi connectivity index (χ4n) is 2.72. The van der Waals surface area contributed by atoms with E-state index in [1.54, 1.807) is 41.5 Å². The largest absolute Gasteiger partial charge is 0.480 e. The van der Waals surface area contributed by atoms with Crippen molar-refractivity contribution in [3.63, 3.8) is 0 Å². The minimum absolute atomic E-state index is 0.135. The normalized spacial score (nSPS) is 26.6. The van der Waals surface area contributed by atoms with Crippen LogP contribution in [0.5, 0.6) is 0 Å². The Hall–Kier alpha value is -1.99. The third kappa shape index (κ3) is 3.68. The molecule has 8 nitrogen and oxygen atoms in total. The van der Waals surface area contributed by atoms with E-state index in [1.165, 1.54) is 9.80 Å². The molecule has 0 aromatic heterocycles. The first-order chi connectivity index (χ1) is 10.3. The van der Waals surface area contributed by atoms with Crippen LogP contribution < -0.4 is 0 Å². The van der Waals surface area contributed by atoms with Crippen molar-refractivity contribution in [2.24, 2.45) is 0 Å². The van der Waals surface area contributed by atoms with Gasteiger partial charge in [0, 0.05) is 6.54 Å². The summed E-state index contributed by atoms with van der Waals surface area (Å²) in [5, 5.41) is 9.43. The monoisotopic (exact) mass is 328 g/mol. The zero-order valence-corrected chi connectivity index (χ0v) is 14.3. The summed E-state index contributed by atoms with van der Waals surface area (Å²) in [5.41, 5.74) is -1.37. The Morgan fingerprint density at radius 3 is 1.87 bits per heavy atom. The quantitative estimate of drug-likeness (QED) is 0.736. The number of carbonyl (C=O) groups is 3. The van der Waals surface area contributed by atoms with E-state index in [0.717, 1.165) is 0 Å². The highest BCUT2D eigenvalue weighted by Gasteiger charge is 2.67. The van der Waals surface area contributed by atoms with Crippen LogP contribution in [-0.4, -0.2) is 68.9 Å². The SMILES string of the molecule is CC(C)(C)OC(=O)N1C2CN(C(=O)OC(C)(C)C)[C@H](C(=O)O)C21. The van der Waals surface area contributed by atoms with E-state index in [2.05, 4.69) is 0 Å². The number of carbonyl (C=O) groups excluding carboxylic acids is 2. The van der Waals surface area contributed by atoms with Crippen molar-refractivity contribution in [3.8, 4) is 0 Å². The van der Waals surface area contributed by atoms with Crippen LogP contribution in [0, 0.1) is 0 Å². The molecule has 0 bridgehead atoms. The van der Waals surface area contributed by atoms with E-state index in [-0.39, 0.29) is 12.6 Å². The predicted octanol–water partition coefficient (Wildman–Crippen LogP) is 1.68. The summed E-state index contributed by atoms with van der Waals surface area (Å²) in [6.07, 6.45) is -1.23. The number of hydrogen-bond donors (Lipinski definition) is 1. The molecule has 2 aliphatic rings. The minimum atomic E-state index is -1.16. The molecule has 2 heterocycles. The first-order valence-corrected chi connectivity index (χ1v) is 7.55. The average Bonchev–Trinajstić information content (AvgIpc) is 2.85. The Bertz CT molecular complexity index is 533. The van der Waals surface area contributed by atoms with Gasteiger partial charge in [0.15, 0.2) is 6.04 Å². The molecule has 1 N–H and O–H groups in total. The molecule has 0 radical (unpaired) electrons. The van der Waals surface area contributed by atoms with Gasteiger partial charge >= 0.3 is 18.2 Å². The van der Waals surface area contributed by atoms with Gasteiger partial charge in [-0.1, -0.05) is 0 Å². The fourth-order valence-corrected chi connectivity index (χ4v) is 2.72. The van der Waals surface area contributed by atoms with Crippen LogP contribution in [0.25, 0.3) is 0 Å². The molecule has 23 heavy (non-hydrogen) atoms. The lowest BCUT2D eigenvalue weighted by molar-refractivity contribution is -0.142. The maximum atomic E-state index is 12.2. The Morgan fingerprint density at radius 2 is 1.43 bits per heavy atom. The summed E-state index contributed by atoms with van der Waals surface area (Å²) in [6, 6.07) is -2.00. The Balaban J connectivity index is 2.07. The summed E-state index contributed by atoms with van der Waals surface area (Å²) in [6.45, 7) is 10.5. The number of likely N-dealkylation sites (tertiary alicyclic amines) is 1. The minimum Gasteiger partial charge on any atom is -0.480 e. The van der Waals surface area contributed by atoms with Gasteiger partial charge in [-0.25, -0.2) is 14.4 Å². The second kappa shape index (κ2) is 5.28. The Morgan fingerprint density at radius 1 is 0.957 bits per heavy atom. The van der Waals surface area contributed by atoms with E-state index in [1.807, 2.05) is 0 Å². The molecular weight excluding hydrogens is 304 g/mol. The van der Waals surface area contributed by atoms with Crippen LogP contribution in [-0.2, 0) is 14.3 Å². The molecule has 2 aliphatic heterocycles. The maximum absolute atomic E-state index is 12.2. The van der Waals surface area contributed by atoms with Crippen LogP contribution in [0.1, 0.15) is 41.5 Å². The first kappa shape index (κ1) is 17.4. The summed E-state index contributed by atoms with van der Waals surface area (Å²) in [7, 11) is 0. The van der Waals surface area contributed by atoms with Crippen LogP contribution in [0.2, 0.25) is 0 Å². The zero-order valence-electron chi connectivity index (χ0n) is 14.3. The number of carboxylic acids is 1. The number of rotatable bonds is 1. The molecule has 2 fully saturated rings. The number of piperazine rings is 1. The van der Waals surface area contributed by atoms with Gasteiger partial charge in [0.2, 0.25) is 0 Å². The Labute approximate surface area is 135 Å². The molecule has 2 unspecified atom stereocenters. The highest BCUT2D eigenvalue weighted by molar-refractivity contribution is 5.86. The molecule has 3 atom stereocenters. The third-order valence-corrected chi connectivity index (χ3v) is 3.51. The molecule has 2 rings (SSSR count). The zero-order chi connectivity index (χ0) is 17.7. The van der Waals surface area contributed by atoms with Crippen molar-refractivity contribution in [1.29, 1.82) is 0 Å². The molecule has 130 valence electrons. The third-order valence-electron chi connectivity index (χ3n) is 3.51. The van der Waals surface area contributed by atoms with Gasteiger partial charge in [0.1, 0.15) is 11.2 Å². The van der Waals surface area contributed by atoms with Crippen LogP contribution in [0.4, 0.5) is 9.59 Å². The van der Waals surface area contributed by atoms with Crippen LogP contribution in [0.15, 0.2) is 0 Å². The lowest BCUT2D eigenvalue weighted by atomic mass is 10.2. The summed E-state index contributed by atoms with van der Waals surface area (Å²) in [5.74, 6) is -1.16. The second-order valence-electron chi connectivity index (χ2n) is 7.86. The summed E-state index contributed by atoms with van der Waals surface area (Å²) < 4.78 is 10.5. The lowest BCUT2D eigenvalue weighted by Gasteiger charge is -2.30. The van der Waals surface area contributed by atoms with Gasteiger partial charge in [-0.2, -0.15) is 0 Å². The van der Waals surface area contributed by atoms with Gasteiger partial charge < -0.3 is 14.6 Å². The van der Waals surface area contributed by atoms with Gasteiger partial charge in [-0.15, -0.1) is 0 Å². The van der Waals surface area contributed by atoms with Gasteiger partial charge in [0.05, 0.1) is 12.1 Å². The molecule has 0 aliphatic carbocycles. The number of hydrogen-bond acceptors (Lipinski definition) is 5. The number of amides is 2. The number of nitrogens with zero attached hydrogens (tertiary/aromatic N) is 2. The van der Waals surface area contributed by atoms with Crippen molar-refractivity contribution in [1.82, 2.24) is 9.80 Å². The molecular formula is C15H24N2O6. The molecule has 0 aromatic carbocycles. The predicted molar refractivity (Wildman–Crippen MR) is 80.0 cm³/mol. The molecule has 0 aromatic rings. The fraction of sp³-hybridized carbons (Fsp3) is 0.800. The summed E-state index contributed by atoms with van der Waals surface area (Å²) in [4.78, 5) is 38.3. The lowest BCUT2D eigenvalue weighted by Crippen LogP contribution is -2.49. The highest BCUT2D eigenvalue weighted by atomic mass is 16.6. The molecule has 2 saturated heterocycles. The van der Waals surface area contributed by atoms with E-state index >= 15 is 0 Å². The second-order valence-corrected chi connectivity index (χ2v) is 7.86. The van der Waals surface area contributed by atoms with Gasteiger partial charge in [-0.3, -0.25) is 9.80 Å².